The normalized spacial score (nSPS) is 19.1. The largest absolute Gasteiger partial charge is 0.381 e. The predicted octanol–water partition coefficient (Wildman–Crippen LogP) is 3.91. The van der Waals surface area contributed by atoms with Crippen LogP contribution < -0.4 is 5.32 Å². The summed E-state index contributed by atoms with van der Waals surface area (Å²) < 4.78 is 38.5. The predicted molar refractivity (Wildman–Crippen MR) is 112 cm³/mol. The van der Waals surface area contributed by atoms with Crippen molar-refractivity contribution < 1.29 is 18.3 Å². The highest BCUT2D eigenvalue weighted by Gasteiger charge is 2.33. The number of nitrogens with zero attached hydrogens (tertiary/aromatic N) is 2. The van der Waals surface area contributed by atoms with Crippen LogP contribution in [0.1, 0.15) is 35.7 Å². The molecule has 0 radical (unpaired) electrons. The Morgan fingerprint density at radius 3 is 2.80 bits per heavy atom. The van der Waals surface area contributed by atoms with Gasteiger partial charge in [0.05, 0.1) is 11.4 Å². The van der Waals surface area contributed by atoms with Crippen molar-refractivity contribution in [3.05, 3.63) is 50.5 Å². The maximum absolute atomic E-state index is 14.5. The van der Waals surface area contributed by atoms with Crippen LogP contribution in [0.2, 0.25) is 5.02 Å². The van der Waals surface area contributed by atoms with Crippen LogP contribution >= 0.6 is 23.8 Å². The number of hydrogen-bond acceptors (Lipinski definition) is 3. The minimum Gasteiger partial charge on any atom is -0.381 e. The summed E-state index contributed by atoms with van der Waals surface area (Å²) in [6.45, 7) is 2.46. The second kappa shape index (κ2) is 8.77. The van der Waals surface area contributed by atoms with Gasteiger partial charge in [-0.05, 0) is 49.5 Å². The standard InChI is InChI=1S/C21H24ClF2N3O2S/c1-26-16(9-18(28)25-10-12-4-6-29-7-5-12)17-8-13(11-27(17)21(26)30)19-15(23)3-2-14(22)20(19)24/h2-3,12-13H,4-11H2,1H3,(H,25,28). The highest BCUT2D eigenvalue weighted by Crippen LogP contribution is 2.37. The van der Waals surface area contributed by atoms with E-state index in [1.54, 1.807) is 0 Å². The molecule has 0 aliphatic carbocycles. The molecule has 1 atom stereocenters. The molecule has 9 heteroatoms. The summed E-state index contributed by atoms with van der Waals surface area (Å²) in [6.07, 6.45) is 2.48. The number of hydrogen-bond donors (Lipinski definition) is 1. The highest BCUT2D eigenvalue weighted by molar-refractivity contribution is 7.71. The molecular weight excluding hydrogens is 432 g/mol. The molecule has 2 aromatic rings. The molecule has 2 aliphatic rings. The van der Waals surface area contributed by atoms with Crippen molar-refractivity contribution in [3.63, 3.8) is 0 Å². The van der Waals surface area contributed by atoms with E-state index >= 15 is 0 Å². The number of rotatable bonds is 5. The van der Waals surface area contributed by atoms with Gasteiger partial charge in [0, 0.05) is 56.2 Å². The minimum absolute atomic E-state index is 0.0156. The average Bonchev–Trinajstić information content (AvgIpc) is 3.25. The first kappa shape index (κ1) is 21.5. The van der Waals surface area contributed by atoms with Crippen molar-refractivity contribution >= 4 is 29.7 Å². The zero-order valence-electron chi connectivity index (χ0n) is 16.7. The van der Waals surface area contributed by atoms with Gasteiger partial charge in [-0.25, -0.2) is 8.78 Å². The Balaban J connectivity index is 1.51. The van der Waals surface area contributed by atoms with E-state index in [0.29, 0.717) is 30.2 Å². The third-order valence-corrected chi connectivity index (χ3v) is 6.95. The van der Waals surface area contributed by atoms with Crippen LogP contribution in [0.15, 0.2) is 12.1 Å². The third-order valence-electron chi connectivity index (χ3n) is 6.17. The lowest BCUT2D eigenvalue weighted by molar-refractivity contribution is -0.120. The van der Waals surface area contributed by atoms with Gasteiger partial charge in [-0.1, -0.05) is 11.6 Å². The summed E-state index contributed by atoms with van der Waals surface area (Å²) in [4.78, 5) is 12.6. The van der Waals surface area contributed by atoms with Crippen molar-refractivity contribution in [1.82, 2.24) is 14.5 Å². The van der Waals surface area contributed by atoms with E-state index < -0.39 is 17.6 Å². The first-order chi connectivity index (χ1) is 14.4. The second-order valence-corrected chi connectivity index (χ2v) is 8.81. The number of imidazole rings is 1. The van der Waals surface area contributed by atoms with Crippen LogP contribution in [0.3, 0.4) is 0 Å². The van der Waals surface area contributed by atoms with Gasteiger partial charge in [0.25, 0.3) is 0 Å². The Kier molecular flexibility index (Phi) is 6.27. The first-order valence-corrected chi connectivity index (χ1v) is 10.9. The Bertz CT molecular complexity index is 1030. The minimum atomic E-state index is -0.724. The molecule has 2 aliphatic heterocycles. The maximum Gasteiger partial charge on any atom is 0.226 e. The number of ether oxygens (including phenoxy) is 1. The number of nitrogens with one attached hydrogen (secondary N) is 1. The molecule has 1 unspecified atom stereocenters. The van der Waals surface area contributed by atoms with Gasteiger partial charge in [0.1, 0.15) is 11.6 Å². The number of carbonyl (C=O) groups excluding carboxylic acids is 1. The van der Waals surface area contributed by atoms with E-state index in [4.69, 9.17) is 28.6 Å². The number of benzene rings is 1. The van der Waals surface area contributed by atoms with Gasteiger partial charge in [0.2, 0.25) is 5.91 Å². The van der Waals surface area contributed by atoms with Crippen LogP contribution in [-0.2, 0) is 36.0 Å². The molecular formula is C21H24ClF2N3O2S. The van der Waals surface area contributed by atoms with Crippen molar-refractivity contribution in [3.8, 4) is 0 Å². The summed E-state index contributed by atoms with van der Waals surface area (Å²) in [5.41, 5.74) is 1.63. The van der Waals surface area contributed by atoms with E-state index in [1.807, 2.05) is 16.2 Å². The fraction of sp³-hybridized carbons (Fsp3) is 0.524. The second-order valence-electron chi connectivity index (χ2n) is 8.04. The lowest BCUT2D eigenvalue weighted by atomic mass is 9.95. The molecule has 1 saturated heterocycles. The molecule has 1 aromatic carbocycles. The molecule has 5 nitrogen and oxygen atoms in total. The summed E-state index contributed by atoms with van der Waals surface area (Å²) in [5, 5.41) is 2.91. The Hall–Kier alpha value is -1.77. The molecule has 0 bridgehead atoms. The van der Waals surface area contributed by atoms with Crippen LogP contribution in [0, 0.1) is 22.3 Å². The highest BCUT2D eigenvalue weighted by atomic mass is 35.5. The fourth-order valence-corrected chi connectivity index (χ4v) is 4.91. The number of fused-ring (bicyclic) bond motifs is 1. The molecule has 0 saturated carbocycles. The van der Waals surface area contributed by atoms with Gasteiger partial charge >= 0.3 is 0 Å². The van der Waals surface area contributed by atoms with E-state index in [0.717, 1.165) is 37.4 Å². The number of carbonyl (C=O) groups is 1. The monoisotopic (exact) mass is 455 g/mol. The summed E-state index contributed by atoms with van der Waals surface area (Å²) >= 11 is 11.4. The fourth-order valence-electron chi connectivity index (χ4n) is 4.45. The van der Waals surface area contributed by atoms with Crippen LogP contribution in [0.4, 0.5) is 8.78 Å². The first-order valence-electron chi connectivity index (χ1n) is 10.1. The average molecular weight is 456 g/mol. The van der Waals surface area contributed by atoms with E-state index in [9.17, 15) is 13.6 Å². The lowest BCUT2D eigenvalue weighted by Gasteiger charge is -2.22. The van der Waals surface area contributed by atoms with E-state index in [1.165, 1.54) is 12.1 Å². The Morgan fingerprint density at radius 2 is 2.07 bits per heavy atom. The zero-order chi connectivity index (χ0) is 21.4. The Morgan fingerprint density at radius 1 is 1.33 bits per heavy atom. The number of aromatic nitrogens is 2. The molecule has 4 rings (SSSR count). The maximum atomic E-state index is 14.5. The summed E-state index contributed by atoms with van der Waals surface area (Å²) in [6, 6.07) is 2.41. The molecule has 1 amide bonds. The van der Waals surface area contributed by atoms with Crippen LogP contribution in [0.5, 0.6) is 0 Å². The summed E-state index contributed by atoms with van der Waals surface area (Å²) in [5.74, 6) is -1.39. The lowest BCUT2D eigenvalue weighted by Crippen LogP contribution is -2.33. The van der Waals surface area contributed by atoms with Crippen molar-refractivity contribution in [2.75, 3.05) is 19.8 Å². The van der Waals surface area contributed by atoms with E-state index in [2.05, 4.69) is 5.32 Å². The quantitative estimate of drug-likeness (QED) is 0.549. The van der Waals surface area contributed by atoms with Crippen molar-refractivity contribution in [2.24, 2.45) is 13.0 Å². The molecule has 162 valence electrons. The molecule has 3 heterocycles. The van der Waals surface area contributed by atoms with Gasteiger partial charge < -0.3 is 19.2 Å². The molecule has 1 fully saturated rings. The SMILES string of the molecule is Cn1c(CC(=O)NCC2CCOCC2)c2n(c1=S)CC(c1c(F)ccc(Cl)c1F)C2. The van der Waals surface area contributed by atoms with Gasteiger partial charge in [-0.2, -0.15) is 0 Å². The Labute approximate surface area is 184 Å². The van der Waals surface area contributed by atoms with Gasteiger partial charge in [0.15, 0.2) is 4.77 Å². The topological polar surface area (TPSA) is 48.2 Å². The molecule has 0 spiro atoms. The smallest absolute Gasteiger partial charge is 0.226 e. The van der Waals surface area contributed by atoms with Crippen LogP contribution in [0.25, 0.3) is 0 Å². The molecule has 1 N–H and O–H groups in total. The van der Waals surface area contributed by atoms with Gasteiger partial charge in [-0.15, -0.1) is 0 Å². The third kappa shape index (κ3) is 4.05. The zero-order valence-corrected chi connectivity index (χ0v) is 18.3. The number of halogens is 3. The van der Waals surface area contributed by atoms with E-state index in [-0.39, 0.29) is 22.9 Å². The van der Waals surface area contributed by atoms with Crippen molar-refractivity contribution in [2.45, 2.75) is 38.1 Å². The molecule has 30 heavy (non-hydrogen) atoms. The number of amides is 1. The van der Waals surface area contributed by atoms with Gasteiger partial charge in [-0.3, -0.25) is 4.79 Å². The van der Waals surface area contributed by atoms with Crippen LogP contribution in [-0.4, -0.2) is 34.8 Å². The van der Waals surface area contributed by atoms with Crippen molar-refractivity contribution in [1.29, 1.82) is 0 Å². The summed E-state index contributed by atoms with van der Waals surface area (Å²) in [7, 11) is 1.82. The molecule has 1 aromatic heterocycles.